The number of hydrogen-bond donors (Lipinski definition) is 0. The highest BCUT2D eigenvalue weighted by Crippen LogP contribution is 2.20. The van der Waals surface area contributed by atoms with E-state index in [0.29, 0.717) is 5.92 Å². The lowest BCUT2D eigenvalue weighted by Crippen LogP contribution is -2.04. The van der Waals surface area contributed by atoms with Gasteiger partial charge < -0.3 is 0 Å². The highest BCUT2D eigenvalue weighted by molar-refractivity contribution is 9.09. The molecule has 0 saturated carbocycles. The lowest BCUT2D eigenvalue weighted by Gasteiger charge is -2.09. The number of thioether (sulfide) groups is 1. The first-order chi connectivity index (χ1) is 7.15. The van der Waals surface area contributed by atoms with E-state index in [4.69, 9.17) is 0 Å². The summed E-state index contributed by atoms with van der Waals surface area (Å²) in [5.41, 5.74) is 2.11. The number of aromatic nitrogens is 2. The highest BCUT2D eigenvalue weighted by Gasteiger charge is 2.07. The SMILES string of the molecule is CCC(CBr)CSc1nc(C)cc(C)n1. The Labute approximate surface area is 104 Å². The molecule has 0 aromatic carbocycles. The molecule has 4 heteroatoms. The van der Waals surface area contributed by atoms with Crippen molar-refractivity contribution in [2.24, 2.45) is 5.92 Å². The van der Waals surface area contributed by atoms with Crippen LogP contribution in [0.1, 0.15) is 24.7 Å². The Balaban J connectivity index is 2.57. The molecule has 0 fully saturated rings. The fourth-order valence-corrected chi connectivity index (χ4v) is 3.37. The molecule has 0 aliphatic heterocycles. The van der Waals surface area contributed by atoms with Crippen LogP contribution in [0.2, 0.25) is 0 Å². The summed E-state index contributed by atoms with van der Waals surface area (Å²) in [5.74, 6) is 1.80. The minimum atomic E-state index is 0.708. The third-order valence-electron chi connectivity index (χ3n) is 2.21. The number of aryl methyl sites for hydroxylation is 2. The Bertz CT molecular complexity index is 293. The molecule has 15 heavy (non-hydrogen) atoms. The van der Waals surface area contributed by atoms with Gasteiger partial charge in [0.25, 0.3) is 0 Å². The van der Waals surface area contributed by atoms with Gasteiger partial charge in [-0.05, 0) is 25.8 Å². The summed E-state index contributed by atoms with van der Waals surface area (Å²) in [6.07, 6.45) is 1.20. The fourth-order valence-electron chi connectivity index (χ4n) is 1.22. The van der Waals surface area contributed by atoms with Crippen molar-refractivity contribution in [1.82, 2.24) is 9.97 Å². The van der Waals surface area contributed by atoms with Crippen LogP contribution in [0.3, 0.4) is 0 Å². The minimum Gasteiger partial charge on any atom is -0.228 e. The van der Waals surface area contributed by atoms with Crippen LogP contribution in [0.15, 0.2) is 11.2 Å². The molecule has 0 saturated heterocycles. The normalized spacial score (nSPS) is 12.8. The van der Waals surface area contributed by atoms with Crippen molar-refractivity contribution in [3.05, 3.63) is 17.5 Å². The first-order valence-corrected chi connectivity index (χ1v) is 7.27. The number of halogens is 1. The van der Waals surface area contributed by atoms with E-state index in [1.165, 1.54) is 6.42 Å². The van der Waals surface area contributed by atoms with Gasteiger partial charge in [0.1, 0.15) is 0 Å². The number of hydrogen-bond acceptors (Lipinski definition) is 3. The maximum atomic E-state index is 4.41. The zero-order valence-corrected chi connectivity index (χ0v) is 11.9. The van der Waals surface area contributed by atoms with Gasteiger partial charge in [0.05, 0.1) is 0 Å². The third-order valence-corrected chi connectivity index (χ3v) is 4.20. The molecule has 2 nitrogen and oxygen atoms in total. The quantitative estimate of drug-likeness (QED) is 0.470. The average Bonchev–Trinajstić information content (AvgIpc) is 2.18. The van der Waals surface area contributed by atoms with Crippen molar-refractivity contribution < 1.29 is 0 Å². The van der Waals surface area contributed by atoms with E-state index in [-0.39, 0.29) is 0 Å². The van der Waals surface area contributed by atoms with Gasteiger partial charge in [0.2, 0.25) is 0 Å². The summed E-state index contributed by atoms with van der Waals surface area (Å²) in [4.78, 5) is 8.82. The molecule has 0 spiro atoms. The van der Waals surface area contributed by atoms with E-state index in [2.05, 4.69) is 32.8 Å². The van der Waals surface area contributed by atoms with E-state index >= 15 is 0 Å². The molecule has 0 N–H and O–H groups in total. The van der Waals surface area contributed by atoms with Crippen molar-refractivity contribution in [1.29, 1.82) is 0 Å². The molecular weight excluding hydrogens is 272 g/mol. The van der Waals surface area contributed by atoms with E-state index in [1.807, 2.05) is 19.9 Å². The van der Waals surface area contributed by atoms with Crippen molar-refractivity contribution in [2.75, 3.05) is 11.1 Å². The smallest absolute Gasteiger partial charge is 0.187 e. The van der Waals surface area contributed by atoms with Crippen LogP contribution in [-0.2, 0) is 0 Å². The molecule has 0 aliphatic rings. The monoisotopic (exact) mass is 288 g/mol. The molecule has 1 rings (SSSR count). The molecule has 1 aromatic heterocycles. The molecular formula is C11H17BrN2S. The molecule has 1 aromatic rings. The summed E-state index contributed by atoms with van der Waals surface area (Å²) in [6, 6.07) is 2.01. The van der Waals surface area contributed by atoms with Crippen LogP contribution >= 0.6 is 27.7 Å². The Kier molecular flexibility index (Phi) is 5.61. The Morgan fingerprint density at radius 2 is 1.93 bits per heavy atom. The van der Waals surface area contributed by atoms with Crippen molar-refractivity contribution in [2.45, 2.75) is 32.3 Å². The van der Waals surface area contributed by atoms with E-state index < -0.39 is 0 Å². The van der Waals surface area contributed by atoms with Gasteiger partial charge in [-0.1, -0.05) is 41.0 Å². The number of nitrogens with zero attached hydrogens (tertiary/aromatic N) is 2. The zero-order valence-electron chi connectivity index (χ0n) is 9.46. The molecule has 1 atom stereocenters. The zero-order chi connectivity index (χ0) is 11.3. The largest absolute Gasteiger partial charge is 0.228 e. The van der Waals surface area contributed by atoms with Gasteiger partial charge in [-0.2, -0.15) is 0 Å². The van der Waals surface area contributed by atoms with Gasteiger partial charge in [-0.3, -0.25) is 0 Å². The van der Waals surface area contributed by atoms with Crippen LogP contribution in [-0.4, -0.2) is 21.1 Å². The molecule has 0 bridgehead atoms. The third kappa shape index (κ3) is 4.51. The number of alkyl halides is 1. The maximum Gasteiger partial charge on any atom is 0.187 e. The van der Waals surface area contributed by atoms with Crippen LogP contribution < -0.4 is 0 Å². The van der Waals surface area contributed by atoms with Crippen LogP contribution in [0.4, 0.5) is 0 Å². The Morgan fingerprint density at radius 1 is 1.33 bits per heavy atom. The average molecular weight is 289 g/mol. The van der Waals surface area contributed by atoms with Crippen molar-refractivity contribution >= 4 is 27.7 Å². The van der Waals surface area contributed by atoms with E-state index in [0.717, 1.165) is 27.6 Å². The molecule has 0 aliphatic carbocycles. The Morgan fingerprint density at radius 3 is 2.40 bits per heavy atom. The lowest BCUT2D eigenvalue weighted by molar-refractivity contribution is 0.651. The topological polar surface area (TPSA) is 25.8 Å². The first-order valence-electron chi connectivity index (χ1n) is 5.16. The highest BCUT2D eigenvalue weighted by atomic mass is 79.9. The van der Waals surface area contributed by atoms with Gasteiger partial charge in [-0.25, -0.2) is 9.97 Å². The van der Waals surface area contributed by atoms with E-state index in [1.54, 1.807) is 11.8 Å². The van der Waals surface area contributed by atoms with Crippen LogP contribution in [0.5, 0.6) is 0 Å². The van der Waals surface area contributed by atoms with Gasteiger partial charge in [0.15, 0.2) is 5.16 Å². The predicted octanol–water partition coefficient (Wildman–Crippen LogP) is 3.61. The second-order valence-corrected chi connectivity index (χ2v) is 5.31. The van der Waals surface area contributed by atoms with Crippen molar-refractivity contribution in [3.63, 3.8) is 0 Å². The summed E-state index contributed by atoms with van der Waals surface area (Å²) < 4.78 is 0. The second-order valence-electron chi connectivity index (χ2n) is 3.67. The molecule has 1 unspecified atom stereocenters. The molecule has 0 radical (unpaired) electrons. The second kappa shape index (κ2) is 6.48. The summed E-state index contributed by atoms with van der Waals surface area (Å²) in [5, 5.41) is 1.97. The van der Waals surface area contributed by atoms with Gasteiger partial charge in [0, 0.05) is 22.5 Å². The van der Waals surface area contributed by atoms with Gasteiger partial charge in [-0.15, -0.1) is 0 Å². The standard InChI is InChI=1S/C11H17BrN2S/c1-4-10(6-12)7-15-11-13-8(2)5-9(3)14-11/h5,10H,4,6-7H2,1-3H3. The first kappa shape index (κ1) is 13.0. The maximum absolute atomic E-state index is 4.41. The Hall–Kier alpha value is -0.0900. The summed E-state index contributed by atoms with van der Waals surface area (Å²) in [6.45, 7) is 6.25. The van der Waals surface area contributed by atoms with Crippen molar-refractivity contribution in [3.8, 4) is 0 Å². The summed E-state index contributed by atoms with van der Waals surface area (Å²) in [7, 11) is 0. The minimum absolute atomic E-state index is 0.708. The number of rotatable bonds is 5. The van der Waals surface area contributed by atoms with Crippen LogP contribution in [0, 0.1) is 19.8 Å². The summed E-state index contributed by atoms with van der Waals surface area (Å²) >= 11 is 5.28. The lowest BCUT2D eigenvalue weighted by atomic mass is 10.2. The molecule has 0 amide bonds. The van der Waals surface area contributed by atoms with Crippen LogP contribution in [0.25, 0.3) is 0 Å². The predicted molar refractivity (Wildman–Crippen MR) is 69.8 cm³/mol. The fraction of sp³-hybridized carbons (Fsp3) is 0.636. The van der Waals surface area contributed by atoms with E-state index in [9.17, 15) is 0 Å². The molecule has 84 valence electrons. The van der Waals surface area contributed by atoms with Gasteiger partial charge >= 0.3 is 0 Å². The molecule has 1 heterocycles.